The minimum Gasteiger partial charge on any atom is -0.398 e. The van der Waals surface area contributed by atoms with Crippen molar-refractivity contribution < 1.29 is 9.53 Å². The summed E-state index contributed by atoms with van der Waals surface area (Å²) in [6.45, 7) is 1.31. The summed E-state index contributed by atoms with van der Waals surface area (Å²) >= 11 is 0. The number of anilines is 1. The second-order valence-electron chi connectivity index (χ2n) is 5.35. The van der Waals surface area contributed by atoms with Crippen LogP contribution in [0.1, 0.15) is 36.0 Å². The third kappa shape index (κ3) is 2.32. The highest BCUT2D eigenvalue weighted by atomic mass is 16.5. The monoisotopic (exact) mass is 260 g/mol. The van der Waals surface area contributed by atoms with Crippen molar-refractivity contribution in [2.45, 2.75) is 37.8 Å². The molecule has 1 amide bonds. The van der Waals surface area contributed by atoms with Crippen molar-refractivity contribution in [2.75, 3.05) is 18.9 Å². The van der Waals surface area contributed by atoms with Crippen LogP contribution in [0, 0.1) is 0 Å². The first kappa shape index (κ1) is 12.5. The van der Waals surface area contributed by atoms with Crippen molar-refractivity contribution in [1.29, 1.82) is 0 Å². The first-order valence-corrected chi connectivity index (χ1v) is 7.04. The molecule has 4 nitrogen and oxygen atoms in total. The highest BCUT2D eigenvalue weighted by Crippen LogP contribution is 2.30. The number of fused-ring (bicyclic) bond motifs is 1. The number of hydrogen-bond donors (Lipinski definition) is 1. The lowest BCUT2D eigenvalue weighted by Crippen LogP contribution is -2.54. The summed E-state index contributed by atoms with van der Waals surface area (Å²) in [5, 5.41) is 0. The molecule has 2 fully saturated rings. The van der Waals surface area contributed by atoms with Gasteiger partial charge < -0.3 is 15.4 Å². The predicted molar refractivity (Wildman–Crippen MR) is 73.9 cm³/mol. The van der Waals surface area contributed by atoms with E-state index < -0.39 is 0 Å². The number of nitrogen functional groups attached to an aromatic ring is 1. The third-order valence-electron chi connectivity index (χ3n) is 4.18. The molecule has 1 aromatic rings. The Kier molecular flexibility index (Phi) is 3.42. The number of rotatable bonds is 1. The van der Waals surface area contributed by atoms with E-state index in [0.717, 1.165) is 12.8 Å². The molecule has 0 bridgehead atoms. The first-order valence-electron chi connectivity index (χ1n) is 7.04. The molecule has 1 saturated carbocycles. The SMILES string of the molecule is Nc1ccccc1C(=O)N1CCOC2CCCCC21. The van der Waals surface area contributed by atoms with Gasteiger partial charge in [-0.15, -0.1) is 0 Å². The summed E-state index contributed by atoms with van der Waals surface area (Å²) in [6, 6.07) is 7.54. The summed E-state index contributed by atoms with van der Waals surface area (Å²) in [5.41, 5.74) is 7.10. The van der Waals surface area contributed by atoms with E-state index in [-0.39, 0.29) is 18.1 Å². The predicted octanol–water partition coefficient (Wildman–Crippen LogP) is 2.05. The van der Waals surface area contributed by atoms with E-state index in [1.807, 2.05) is 23.1 Å². The van der Waals surface area contributed by atoms with Crippen molar-refractivity contribution in [1.82, 2.24) is 4.90 Å². The molecule has 1 heterocycles. The Balaban J connectivity index is 1.84. The number of hydrogen-bond acceptors (Lipinski definition) is 3. The Labute approximate surface area is 113 Å². The lowest BCUT2D eigenvalue weighted by molar-refractivity contribution is -0.0752. The molecule has 102 valence electrons. The lowest BCUT2D eigenvalue weighted by Gasteiger charge is -2.43. The van der Waals surface area contributed by atoms with E-state index in [2.05, 4.69) is 0 Å². The van der Waals surface area contributed by atoms with E-state index in [0.29, 0.717) is 24.4 Å². The molecule has 4 heteroatoms. The zero-order chi connectivity index (χ0) is 13.2. The van der Waals surface area contributed by atoms with Crippen molar-refractivity contribution in [3.05, 3.63) is 29.8 Å². The van der Waals surface area contributed by atoms with E-state index in [4.69, 9.17) is 10.5 Å². The van der Waals surface area contributed by atoms with Crippen molar-refractivity contribution >= 4 is 11.6 Å². The number of nitrogens with zero attached hydrogens (tertiary/aromatic N) is 1. The maximum absolute atomic E-state index is 12.7. The molecule has 2 aliphatic rings. The van der Waals surface area contributed by atoms with E-state index in [1.54, 1.807) is 6.07 Å². The quantitative estimate of drug-likeness (QED) is 0.786. The fourth-order valence-corrected chi connectivity index (χ4v) is 3.20. The van der Waals surface area contributed by atoms with Gasteiger partial charge in [0.2, 0.25) is 0 Å². The highest BCUT2D eigenvalue weighted by molar-refractivity contribution is 5.99. The minimum atomic E-state index is 0.0540. The van der Waals surface area contributed by atoms with Crippen molar-refractivity contribution in [3.8, 4) is 0 Å². The normalized spacial score (nSPS) is 26.8. The molecule has 1 saturated heterocycles. The molecular weight excluding hydrogens is 240 g/mol. The van der Waals surface area contributed by atoms with E-state index >= 15 is 0 Å². The lowest BCUT2D eigenvalue weighted by atomic mass is 9.89. The number of morpholine rings is 1. The van der Waals surface area contributed by atoms with Crippen LogP contribution in [0.4, 0.5) is 5.69 Å². The maximum Gasteiger partial charge on any atom is 0.256 e. The number of para-hydroxylation sites is 1. The average Bonchev–Trinajstić information content (AvgIpc) is 2.46. The Morgan fingerprint density at radius 3 is 2.89 bits per heavy atom. The van der Waals surface area contributed by atoms with Crippen molar-refractivity contribution in [2.24, 2.45) is 0 Å². The number of nitrogens with two attached hydrogens (primary N) is 1. The van der Waals surface area contributed by atoms with Crippen molar-refractivity contribution in [3.63, 3.8) is 0 Å². The standard InChI is InChI=1S/C15H20N2O2/c16-12-6-2-1-5-11(12)15(18)17-9-10-19-14-8-4-3-7-13(14)17/h1-2,5-6,13-14H,3-4,7-10,16H2. The van der Waals surface area contributed by atoms with Gasteiger partial charge in [-0.05, 0) is 25.0 Å². The molecular formula is C15H20N2O2. The summed E-state index contributed by atoms with van der Waals surface area (Å²) in [4.78, 5) is 14.6. The van der Waals surface area contributed by atoms with Crippen LogP contribution in [-0.4, -0.2) is 36.1 Å². The Morgan fingerprint density at radius 2 is 2.05 bits per heavy atom. The molecule has 1 aromatic carbocycles. The molecule has 1 aliphatic carbocycles. The van der Waals surface area contributed by atoms with Crippen LogP contribution >= 0.6 is 0 Å². The van der Waals surface area contributed by atoms with Crippen LogP contribution < -0.4 is 5.73 Å². The van der Waals surface area contributed by atoms with Crippen LogP contribution in [0.2, 0.25) is 0 Å². The summed E-state index contributed by atoms with van der Waals surface area (Å²) < 4.78 is 5.80. The van der Waals surface area contributed by atoms with E-state index in [9.17, 15) is 4.79 Å². The fraction of sp³-hybridized carbons (Fsp3) is 0.533. The van der Waals surface area contributed by atoms with E-state index in [1.165, 1.54) is 12.8 Å². The Bertz CT molecular complexity index is 473. The number of amides is 1. The Hall–Kier alpha value is -1.55. The summed E-state index contributed by atoms with van der Waals surface area (Å²) in [6.07, 6.45) is 4.72. The molecule has 2 unspecified atom stereocenters. The Morgan fingerprint density at radius 1 is 1.26 bits per heavy atom. The van der Waals surface area contributed by atoms with Crippen LogP contribution in [0.15, 0.2) is 24.3 Å². The average molecular weight is 260 g/mol. The third-order valence-corrected chi connectivity index (χ3v) is 4.18. The smallest absolute Gasteiger partial charge is 0.256 e. The fourth-order valence-electron chi connectivity index (χ4n) is 3.20. The second-order valence-corrected chi connectivity index (χ2v) is 5.35. The maximum atomic E-state index is 12.7. The number of carbonyl (C=O) groups excluding carboxylic acids is 1. The zero-order valence-electron chi connectivity index (χ0n) is 11.0. The van der Waals surface area contributed by atoms with Crippen LogP contribution in [0.3, 0.4) is 0 Å². The van der Waals surface area contributed by atoms with Gasteiger partial charge in [-0.1, -0.05) is 25.0 Å². The van der Waals surface area contributed by atoms with Gasteiger partial charge in [-0.25, -0.2) is 0 Å². The van der Waals surface area contributed by atoms with Gasteiger partial charge in [0.1, 0.15) is 0 Å². The second kappa shape index (κ2) is 5.21. The first-order chi connectivity index (χ1) is 9.27. The van der Waals surface area contributed by atoms with Gasteiger partial charge in [0.05, 0.1) is 24.3 Å². The van der Waals surface area contributed by atoms with Crippen LogP contribution in [-0.2, 0) is 4.74 Å². The topological polar surface area (TPSA) is 55.6 Å². The molecule has 3 rings (SSSR count). The molecule has 1 aliphatic heterocycles. The van der Waals surface area contributed by atoms with Gasteiger partial charge >= 0.3 is 0 Å². The number of carbonyl (C=O) groups is 1. The van der Waals surface area contributed by atoms with Crippen LogP contribution in [0.5, 0.6) is 0 Å². The highest BCUT2D eigenvalue weighted by Gasteiger charge is 2.37. The zero-order valence-corrected chi connectivity index (χ0v) is 11.0. The van der Waals surface area contributed by atoms with Gasteiger partial charge in [0, 0.05) is 12.2 Å². The largest absolute Gasteiger partial charge is 0.398 e. The van der Waals surface area contributed by atoms with Gasteiger partial charge in [0.15, 0.2) is 0 Å². The molecule has 2 N–H and O–H groups in total. The van der Waals surface area contributed by atoms with Gasteiger partial charge in [0.25, 0.3) is 5.91 Å². The molecule has 0 spiro atoms. The summed E-state index contributed by atoms with van der Waals surface area (Å²) in [7, 11) is 0. The van der Waals surface area contributed by atoms with Crippen LogP contribution in [0.25, 0.3) is 0 Å². The van der Waals surface area contributed by atoms with Gasteiger partial charge in [-0.3, -0.25) is 4.79 Å². The molecule has 19 heavy (non-hydrogen) atoms. The molecule has 0 radical (unpaired) electrons. The summed E-state index contributed by atoms with van der Waals surface area (Å²) in [5.74, 6) is 0.0540. The van der Waals surface area contributed by atoms with Gasteiger partial charge in [-0.2, -0.15) is 0 Å². The molecule has 0 aromatic heterocycles. The number of benzene rings is 1. The molecule has 2 atom stereocenters. The number of ether oxygens (including phenoxy) is 1. The minimum absolute atomic E-state index is 0.0540.